The maximum Gasteiger partial charge on any atom is 0.159 e. The first-order chi connectivity index (χ1) is 10.1. The summed E-state index contributed by atoms with van der Waals surface area (Å²) in [4.78, 5) is 0. The van der Waals surface area contributed by atoms with Gasteiger partial charge in [-0.25, -0.2) is 0 Å². The van der Waals surface area contributed by atoms with Gasteiger partial charge in [0.25, 0.3) is 0 Å². The van der Waals surface area contributed by atoms with E-state index in [1.165, 1.54) is 0 Å². The molecule has 0 rings (SSSR count). The predicted molar refractivity (Wildman–Crippen MR) is 125 cm³/mol. The normalized spacial score (nSPS) is 16.2. The SMILES string of the molecule is CC(C)(C)[Si](C)([Si](Cl)[Si](Cl)[Si](C)(C(C)(C)C)C(C)(C)C)C(C)(C)C. The van der Waals surface area contributed by atoms with Crippen molar-refractivity contribution in [3.63, 3.8) is 0 Å². The monoisotopic (exact) mass is 440 g/mol. The van der Waals surface area contributed by atoms with Crippen molar-refractivity contribution in [2.24, 2.45) is 0 Å². The molecule has 144 valence electrons. The van der Waals surface area contributed by atoms with Gasteiger partial charge in [0.1, 0.15) is 0 Å². The highest BCUT2D eigenvalue weighted by Gasteiger charge is 2.64. The molecule has 0 amide bonds. The molecule has 0 aromatic heterocycles. The lowest BCUT2D eigenvalue weighted by atomic mass is 10.2. The van der Waals surface area contributed by atoms with Gasteiger partial charge in [-0.3, -0.25) is 0 Å². The molecule has 0 spiro atoms. The van der Waals surface area contributed by atoms with E-state index in [0.29, 0.717) is 0 Å². The van der Waals surface area contributed by atoms with Crippen LogP contribution in [0, 0.1) is 0 Å². The summed E-state index contributed by atoms with van der Waals surface area (Å²) in [6, 6.07) is 0. The zero-order chi connectivity index (χ0) is 20.2. The number of hydrogen-bond donors (Lipinski definition) is 0. The molecule has 0 bridgehead atoms. The van der Waals surface area contributed by atoms with Gasteiger partial charge in [-0.1, -0.05) is 96.2 Å². The van der Waals surface area contributed by atoms with Crippen LogP contribution in [0.3, 0.4) is 0 Å². The molecule has 24 heavy (non-hydrogen) atoms. The van der Waals surface area contributed by atoms with Crippen molar-refractivity contribution in [2.75, 3.05) is 0 Å². The molecule has 0 fully saturated rings. The van der Waals surface area contributed by atoms with E-state index in [-0.39, 0.29) is 20.2 Å². The van der Waals surface area contributed by atoms with Crippen molar-refractivity contribution in [3.05, 3.63) is 0 Å². The minimum Gasteiger partial charge on any atom is -0.175 e. The molecule has 0 unspecified atom stereocenters. The summed E-state index contributed by atoms with van der Waals surface area (Å²) in [5.74, 6) is 0. The number of halogens is 2. The average Bonchev–Trinajstić information content (AvgIpc) is 2.29. The molecule has 6 heteroatoms. The highest BCUT2D eigenvalue weighted by Crippen LogP contribution is 2.58. The molecule has 0 saturated carbocycles. The van der Waals surface area contributed by atoms with Crippen LogP contribution in [-0.4, -0.2) is 29.5 Å². The average molecular weight is 442 g/mol. The molecular weight excluding hydrogens is 399 g/mol. The second-order valence-corrected chi connectivity index (χ2v) is 44.7. The summed E-state index contributed by atoms with van der Waals surface area (Å²) in [6.45, 7) is 34.1. The van der Waals surface area contributed by atoms with Crippen LogP contribution in [0.2, 0.25) is 33.2 Å². The minimum absolute atomic E-state index is 0.275. The van der Waals surface area contributed by atoms with Crippen LogP contribution in [0.4, 0.5) is 0 Å². The third kappa shape index (κ3) is 4.14. The van der Waals surface area contributed by atoms with Gasteiger partial charge in [-0.05, 0) is 20.2 Å². The van der Waals surface area contributed by atoms with E-state index < -0.39 is 29.5 Å². The van der Waals surface area contributed by atoms with Crippen molar-refractivity contribution in [2.45, 2.75) is 116 Å². The van der Waals surface area contributed by atoms with E-state index in [4.69, 9.17) is 22.2 Å². The summed E-state index contributed by atoms with van der Waals surface area (Å²) >= 11 is 15.0. The van der Waals surface area contributed by atoms with E-state index in [9.17, 15) is 0 Å². The van der Waals surface area contributed by atoms with Gasteiger partial charge in [0.05, 0.1) is 15.2 Å². The molecule has 2 radical (unpaired) electrons. The summed E-state index contributed by atoms with van der Waals surface area (Å²) in [7, 11) is -5.74. The van der Waals surface area contributed by atoms with E-state index >= 15 is 0 Å². The lowest BCUT2D eigenvalue weighted by Gasteiger charge is -2.58. The molecule has 0 aliphatic heterocycles. The van der Waals surface area contributed by atoms with Gasteiger partial charge < -0.3 is 0 Å². The van der Waals surface area contributed by atoms with Gasteiger partial charge in [0.2, 0.25) is 0 Å². The maximum absolute atomic E-state index is 7.52. The highest BCUT2D eigenvalue weighted by atomic mass is 35.6. The Labute approximate surface area is 167 Å². The Morgan fingerprint density at radius 2 is 0.583 bits per heavy atom. The fourth-order valence-corrected chi connectivity index (χ4v) is 77.9. The first-order valence-electron chi connectivity index (χ1n) is 9.13. The minimum atomic E-state index is -1.77. The third-order valence-corrected chi connectivity index (χ3v) is 66.3. The third-order valence-electron chi connectivity index (χ3n) is 7.07. The Bertz CT molecular complexity index is 366. The Morgan fingerprint density at radius 3 is 0.667 bits per heavy atom. The van der Waals surface area contributed by atoms with Crippen LogP contribution in [-0.2, 0) is 0 Å². The second-order valence-electron chi connectivity index (χ2n) is 11.9. The smallest absolute Gasteiger partial charge is 0.159 e. The molecule has 0 atom stereocenters. The zero-order valence-electron chi connectivity index (χ0n) is 18.8. The van der Waals surface area contributed by atoms with Crippen LogP contribution < -0.4 is 0 Å². The van der Waals surface area contributed by atoms with E-state index in [1.807, 2.05) is 0 Å². The molecule has 0 nitrogen and oxygen atoms in total. The molecule has 0 aliphatic carbocycles. The van der Waals surface area contributed by atoms with Gasteiger partial charge in [-0.15, -0.1) is 0 Å². The first-order valence-corrected chi connectivity index (χ1v) is 22.2. The lowest BCUT2D eigenvalue weighted by molar-refractivity contribution is 0.634. The first kappa shape index (κ1) is 25.4. The van der Waals surface area contributed by atoms with E-state index in [1.54, 1.807) is 0 Å². The summed E-state index contributed by atoms with van der Waals surface area (Å²) in [6.07, 6.45) is 0. The quantitative estimate of drug-likeness (QED) is 0.307. The molecule has 0 aliphatic rings. The fraction of sp³-hybridized carbons (Fsp3) is 1.00. The maximum atomic E-state index is 7.52. The van der Waals surface area contributed by atoms with E-state index in [0.717, 1.165) is 0 Å². The Morgan fingerprint density at radius 1 is 0.458 bits per heavy atom. The van der Waals surface area contributed by atoms with Crippen LogP contribution >= 0.6 is 22.2 Å². The van der Waals surface area contributed by atoms with Crippen LogP contribution in [0.25, 0.3) is 0 Å². The molecular formula is C18H42Cl2Si4. The largest absolute Gasteiger partial charge is 0.175 e. The van der Waals surface area contributed by atoms with Gasteiger partial charge >= 0.3 is 0 Å². The van der Waals surface area contributed by atoms with Crippen LogP contribution in [0.1, 0.15) is 83.1 Å². The topological polar surface area (TPSA) is 0 Å². The zero-order valence-corrected chi connectivity index (χ0v) is 24.3. The van der Waals surface area contributed by atoms with Crippen molar-refractivity contribution in [1.82, 2.24) is 0 Å². The van der Waals surface area contributed by atoms with Crippen molar-refractivity contribution < 1.29 is 0 Å². The van der Waals surface area contributed by atoms with Gasteiger partial charge in [0, 0.05) is 0 Å². The molecule has 0 aromatic carbocycles. The lowest BCUT2D eigenvalue weighted by Crippen LogP contribution is -2.72. The standard InChI is InChI=1S/C18H42Cl2Si4/c1-15(2,3)23(13,16(4,5)6)21(19)22(20)24(14,17(7,8)9)18(10,11)12/h1-14H3. The number of rotatable bonds is 3. The van der Waals surface area contributed by atoms with Gasteiger partial charge in [0.15, 0.2) is 14.3 Å². The Hall–Kier alpha value is 1.45. The molecule has 0 N–H and O–H groups in total. The molecule has 0 saturated heterocycles. The Balaban J connectivity index is 6.41. The summed E-state index contributed by atoms with van der Waals surface area (Å²) in [5, 5.41) is 1.10. The van der Waals surface area contributed by atoms with Crippen molar-refractivity contribution >= 4 is 51.6 Å². The summed E-state index contributed by atoms with van der Waals surface area (Å²) < 4.78 is 0. The molecule has 0 aromatic rings. The van der Waals surface area contributed by atoms with Crippen LogP contribution in [0.5, 0.6) is 0 Å². The number of hydrogen-bond acceptors (Lipinski definition) is 0. The summed E-state index contributed by atoms with van der Waals surface area (Å²) in [5.41, 5.74) is 0. The van der Waals surface area contributed by atoms with Crippen LogP contribution in [0.15, 0.2) is 0 Å². The van der Waals surface area contributed by atoms with Crippen molar-refractivity contribution in [3.8, 4) is 0 Å². The predicted octanol–water partition coefficient (Wildman–Crippen LogP) is 8.04. The van der Waals surface area contributed by atoms with E-state index in [2.05, 4.69) is 96.2 Å². The van der Waals surface area contributed by atoms with Crippen molar-refractivity contribution in [1.29, 1.82) is 0 Å². The van der Waals surface area contributed by atoms with Gasteiger partial charge in [-0.2, -0.15) is 22.2 Å². The Kier molecular flexibility index (Phi) is 7.55. The second kappa shape index (κ2) is 7.12. The fourth-order valence-electron chi connectivity index (χ4n) is 4.01. The molecule has 0 heterocycles. The highest BCUT2D eigenvalue weighted by molar-refractivity contribution is 7.90.